The molecule has 3 atom stereocenters. The molecule has 2 saturated carbocycles. The van der Waals surface area contributed by atoms with E-state index in [1.165, 1.54) is 19.3 Å². The second-order valence-electron chi connectivity index (χ2n) is 10.1. The Balaban J connectivity index is 1.64. The van der Waals surface area contributed by atoms with Crippen molar-refractivity contribution in [3.8, 4) is 0 Å². The number of carbonyl (C=O) groups excluding carboxylic acids is 3. The zero-order valence-electron chi connectivity index (χ0n) is 17.6. The molecule has 0 aromatic rings. The van der Waals surface area contributed by atoms with Crippen molar-refractivity contribution in [3.63, 3.8) is 0 Å². The smallest absolute Gasteiger partial charge is 0.325 e. The van der Waals surface area contributed by atoms with Crippen LogP contribution in [0.2, 0.25) is 0 Å². The third kappa shape index (κ3) is 4.34. The van der Waals surface area contributed by atoms with E-state index in [0.29, 0.717) is 31.2 Å². The minimum Gasteiger partial charge on any atom is -0.350 e. The van der Waals surface area contributed by atoms with Gasteiger partial charge in [0.2, 0.25) is 5.91 Å². The summed E-state index contributed by atoms with van der Waals surface area (Å²) in [6.45, 7) is 6.54. The number of urea groups is 1. The molecule has 0 bridgehead atoms. The van der Waals surface area contributed by atoms with Crippen LogP contribution in [0.25, 0.3) is 0 Å². The van der Waals surface area contributed by atoms with Crippen LogP contribution < -0.4 is 16.4 Å². The summed E-state index contributed by atoms with van der Waals surface area (Å²) < 4.78 is 0. The second kappa shape index (κ2) is 8.01. The topological polar surface area (TPSA) is 105 Å². The van der Waals surface area contributed by atoms with Crippen molar-refractivity contribution >= 4 is 17.8 Å². The first kappa shape index (κ1) is 21.1. The van der Waals surface area contributed by atoms with E-state index in [-0.39, 0.29) is 29.8 Å². The van der Waals surface area contributed by atoms with E-state index in [9.17, 15) is 14.4 Å². The Morgan fingerprint density at radius 1 is 1.25 bits per heavy atom. The summed E-state index contributed by atoms with van der Waals surface area (Å²) in [5.41, 5.74) is 5.01. The van der Waals surface area contributed by atoms with Crippen LogP contribution in [-0.4, -0.2) is 47.4 Å². The Kier molecular flexibility index (Phi) is 6.03. The molecule has 1 saturated heterocycles. The zero-order valence-corrected chi connectivity index (χ0v) is 17.6. The molecule has 2 aliphatic carbocycles. The molecule has 3 fully saturated rings. The number of nitrogens with one attached hydrogen (secondary N) is 2. The quantitative estimate of drug-likeness (QED) is 0.624. The molecule has 0 radical (unpaired) electrons. The number of rotatable bonds is 5. The van der Waals surface area contributed by atoms with E-state index in [1.54, 1.807) is 0 Å². The lowest BCUT2D eigenvalue weighted by molar-refractivity contribution is -0.137. The SMILES string of the molecule is CC1CC(C)(C)CC2(C1)NC(=O)N(CC(=O)NC(CN)C1CCCCC1)C2=O. The third-order valence-electron chi connectivity index (χ3n) is 6.75. The minimum absolute atomic E-state index is 0.0233. The van der Waals surface area contributed by atoms with Gasteiger partial charge in [-0.25, -0.2) is 4.79 Å². The van der Waals surface area contributed by atoms with Crippen LogP contribution in [0.5, 0.6) is 0 Å². The Morgan fingerprint density at radius 3 is 2.54 bits per heavy atom. The molecule has 3 unspecified atom stereocenters. The number of nitrogens with zero attached hydrogens (tertiary/aromatic N) is 1. The lowest BCUT2D eigenvalue weighted by atomic mass is 9.64. The van der Waals surface area contributed by atoms with Gasteiger partial charge in [0.05, 0.1) is 0 Å². The van der Waals surface area contributed by atoms with E-state index in [0.717, 1.165) is 24.2 Å². The van der Waals surface area contributed by atoms with Crippen molar-refractivity contribution < 1.29 is 14.4 Å². The fourth-order valence-corrected chi connectivity index (χ4v) is 5.95. The maximum absolute atomic E-state index is 13.2. The second-order valence-corrected chi connectivity index (χ2v) is 10.1. The highest BCUT2D eigenvalue weighted by atomic mass is 16.2. The summed E-state index contributed by atoms with van der Waals surface area (Å²) >= 11 is 0. The highest BCUT2D eigenvalue weighted by Gasteiger charge is 2.56. The molecule has 1 spiro atoms. The molecule has 158 valence electrons. The summed E-state index contributed by atoms with van der Waals surface area (Å²) in [6, 6.07) is -0.539. The highest BCUT2D eigenvalue weighted by molar-refractivity contribution is 6.09. The van der Waals surface area contributed by atoms with Crippen molar-refractivity contribution in [2.24, 2.45) is 23.0 Å². The van der Waals surface area contributed by atoms with E-state index in [1.807, 2.05) is 0 Å². The molecule has 1 aliphatic heterocycles. The van der Waals surface area contributed by atoms with Gasteiger partial charge in [-0.1, -0.05) is 40.0 Å². The molecule has 7 nitrogen and oxygen atoms in total. The van der Waals surface area contributed by atoms with E-state index in [4.69, 9.17) is 5.73 Å². The van der Waals surface area contributed by atoms with Gasteiger partial charge in [0.15, 0.2) is 0 Å². The monoisotopic (exact) mass is 392 g/mol. The maximum Gasteiger partial charge on any atom is 0.325 e. The largest absolute Gasteiger partial charge is 0.350 e. The molecule has 3 rings (SSSR count). The minimum atomic E-state index is -0.866. The molecule has 1 heterocycles. The van der Waals surface area contributed by atoms with Gasteiger partial charge in [0.1, 0.15) is 12.1 Å². The van der Waals surface area contributed by atoms with Gasteiger partial charge < -0.3 is 16.4 Å². The van der Waals surface area contributed by atoms with Gasteiger partial charge in [0, 0.05) is 12.6 Å². The average molecular weight is 393 g/mol. The van der Waals surface area contributed by atoms with Crippen molar-refractivity contribution in [3.05, 3.63) is 0 Å². The Labute approximate surface area is 168 Å². The maximum atomic E-state index is 13.2. The molecular formula is C21H36N4O3. The van der Waals surface area contributed by atoms with Crippen molar-refractivity contribution in [2.45, 2.75) is 83.7 Å². The first-order chi connectivity index (χ1) is 13.2. The molecular weight excluding hydrogens is 356 g/mol. The molecule has 0 aromatic carbocycles. The number of imide groups is 1. The lowest BCUT2D eigenvalue weighted by Crippen LogP contribution is -2.54. The van der Waals surface area contributed by atoms with Gasteiger partial charge in [0.25, 0.3) is 5.91 Å². The predicted octanol–water partition coefficient (Wildman–Crippen LogP) is 2.15. The summed E-state index contributed by atoms with van der Waals surface area (Å²) in [7, 11) is 0. The summed E-state index contributed by atoms with van der Waals surface area (Å²) in [6.07, 6.45) is 7.98. The lowest BCUT2D eigenvalue weighted by Gasteiger charge is -2.43. The Bertz CT molecular complexity index is 629. The zero-order chi connectivity index (χ0) is 20.5. The summed E-state index contributed by atoms with van der Waals surface area (Å²) in [4.78, 5) is 39.4. The van der Waals surface area contributed by atoms with Crippen LogP contribution in [-0.2, 0) is 9.59 Å². The fourth-order valence-electron chi connectivity index (χ4n) is 5.95. The fraction of sp³-hybridized carbons (Fsp3) is 0.857. The van der Waals surface area contributed by atoms with Gasteiger partial charge in [-0.2, -0.15) is 0 Å². The molecule has 4 amide bonds. The molecule has 7 heteroatoms. The Morgan fingerprint density at radius 2 is 1.93 bits per heavy atom. The van der Waals surface area contributed by atoms with Crippen LogP contribution in [0.4, 0.5) is 4.79 Å². The van der Waals surface area contributed by atoms with Crippen LogP contribution in [0.15, 0.2) is 0 Å². The average Bonchev–Trinajstić information content (AvgIpc) is 2.82. The molecule has 4 N–H and O–H groups in total. The Hall–Kier alpha value is -1.63. The van der Waals surface area contributed by atoms with Crippen LogP contribution in [0, 0.1) is 17.3 Å². The molecule has 28 heavy (non-hydrogen) atoms. The van der Waals surface area contributed by atoms with Crippen LogP contribution >= 0.6 is 0 Å². The van der Waals surface area contributed by atoms with E-state index >= 15 is 0 Å². The van der Waals surface area contributed by atoms with Crippen molar-refractivity contribution in [1.82, 2.24) is 15.5 Å². The normalized spacial score (nSPS) is 31.7. The summed E-state index contributed by atoms with van der Waals surface area (Å²) in [5.74, 6) is 0.172. The van der Waals surface area contributed by atoms with Gasteiger partial charge in [-0.3, -0.25) is 14.5 Å². The number of hydrogen-bond donors (Lipinski definition) is 3. The standard InChI is InChI=1S/C21H36N4O3/c1-14-9-20(2,3)13-21(10-14)18(27)25(19(28)24-21)12-17(26)23-16(11-22)15-7-5-4-6-8-15/h14-16H,4-13,22H2,1-3H3,(H,23,26)(H,24,28). The first-order valence-corrected chi connectivity index (χ1v) is 10.8. The number of nitrogens with two attached hydrogens (primary N) is 1. The molecule has 0 aromatic heterocycles. The third-order valence-corrected chi connectivity index (χ3v) is 6.75. The number of carbonyl (C=O) groups is 3. The van der Waals surface area contributed by atoms with Crippen molar-refractivity contribution in [2.75, 3.05) is 13.1 Å². The number of amides is 4. The molecule has 3 aliphatic rings. The van der Waals surface area contributed by atoms with Gasteiger partial charge in [-0.05, 0) is 49.4 Å². The van der Waals surface area contributed by atoms with Crippen molar-refractivity contribution in [1.29, 1.82) is 0 Å². The van der Waals surface area contributed by atoms with Crippen LogP contribution in [0.1, 0.15) is 72.1 Å². The van der Waals surface area contributed by atoms with Gasteiger partial charge >= 0.3 is 6.03 Å². The van der Waals surface area contributed by atoms with Crippen LogP contribution in [0.3, 0.4) is 0 Å². The van der Waals surface area contributed by atoms with Gasteiger partial charge in [-0.15, -0.1) is 0 Å². The van der Waals surface area contributed by atoms with E-state index < -0.39 is 11.6 Å². The highest BCUT2D eigenvalue weighted by Crippen LogP contribution is 2.46. The van der Waals surface area contributed by atoms with E-state index in [2.05, 4.69) is 31.4 Å². The number of hydrogen-bond acceptors (Lipinski definition) is 4. The predicted molar refractivity (Wildman–Crippen MR) is 107 cm³/mol. The first-order valence-electron chi connectivity index (χ1n) is 10.8. The summed E-state index contributed by atoms with van der Waals surface area (Å²) in [5, 5.41) is 5.91.